The molecule has 2 aromatic heterocycles. The molecule has 1 N–H and O–H groups in total. The Balaban J connectivity index is 1.25. The molecule has 5 rings (SSSR count). The fourth-order valence-corrected chi connectivity index (χ4v) is 5.62. The van der Waals surface area contributed by atoms with Gasteiger partial charge in [-0.15, -0.1) is 0 Å². The van der Waals surface area contributed by atoms with Gasteiger partial charge in [-0.3, -0.25) is 9.78 Å². The summed E-state index contributed by atoms with van der Waals surface area (Å²) in [7, 11) is 6.47. The van der Waals surface area contributed by atoms with E-state index in [9.17, 15) is 4.79 Å². The number of aromatic nitrogens is 3. The predicted octanol–water partition coefficient (Wildman–Crippen LogP) is 4.44. The number of carbonyl (C=O) groups excluding carboxylic acids is 1. The molecule has 1 amide bonds. The zero-order chi connectivity index (χ0) is 29.5. The van der Waals surface area contributed by atoms with Crippen molar-refractivity contribution in [3.63, 3.8) is 0 Å². The van der Waals surface area contributed by atoms with Crippen molar-refractivity contribution in [1.29, 1.82) is 0 Å². The van der Waals surface area contributed by atoms with Gasteiger partial charge in [-0.2, -0.15) is 0 Å². The lowest BCUT2D eigenvalue weighted by Crippen LogP contribution is -2.35. The van der Waals surface area contributed by atoms with Crippen molar-refractivity contribution in [2.24, 2.45) is 0 Å². The van der Waals surface area contributed by atoms with Gasteiger partial charge in [0.2, 0.25) is 11.7 Å². The van der Waals surface area contributed by atoms with E-state index in [1.165, 1.54) is 0 Å². The third-order valence-corrected chi connectivity index (χ3v) is 7.92. The Morgan fingerprint density at radius 2 is 1.74 bits per heavy atom. The molecule has 2 aromatic carbocycles. The summed E-state index contributed by atoms with van der Waals surface area (Å²) < 4.78 is 16.4. The number of methoxy groups -OCH3 is 3. The smallest absolute Gasteiger partial charge is 0.253 e. The van der Waals surface area contributed by atoms with E-state index in [0.29, 0.717) is 29.4 Å². The molecule has 1 atom stereocenters. The Morgan fingerprint density at radius 1 is 0.976 bits per heavy atom. The minimum absolute atomic E-state index is 0.0805. The Bertz CT molecular complexity index is 1420. The van der Waals surface area contributed by atoms with Gasteiger partial charge in [0.05, 0.1) is 32.4 Å². The molecule has 1 fully saturated rings. The van der Waals surface area contributed by atoms with Crippen molar-refractivity contribution in [3.8, 4) is 17.2 Å². The van der Waals surface area contributed by atoms with Gasteiger partial charge in [0.1, 0.15) is 0 Å². The summed E-state index contributed by atoms with van der Waals surface area (Å²) in [6.45, 7) is 5.30. The third kappa shape index (κ3) is 6.60. The van der Waals surface area contributed by atoms with Crippen LogP contribution in [0.4, 0.5) is 5.95 Å². The van der Waals surface area contributed by atoms with Gasteiger partial charge in [0, 0.05) is 56.6 Å². The summed E-state index contributed by atoms with van der Waals surface area (Å²) in [5.41, 5.74) is 3.53. The largest absolute Gasteiger partial charge is 0.493 e. The number of para-hydroxylation sites is 2. The van der Waals surface area contributed by atoms with Crippen LogP contribution in [0, 0.1) is 0 Å². The number of nitrogens with one attached hydrogen (secondary N) is 1. The number of anilines is 1. The summed E-state index contributed by atoms with van der Waals surface area (Å²) in [5.74, 6) is 2.27. The lowest BCUT2D eigenvalue weighted by molar-refractivity contribution is 0.0781. The molecule has 0 aliphatic carbocycles. The van der Waals surface area contributed by atoms with E-state index in [1.807, 2.05) is 49.6 Å². The third-order valence-electron chi connectivity index (χ3n) is 7.92. The number of amides is 1. The summed E-state index contributed by atoms with van der Waals surface area (Å²) in [6.07, 6.45) is 3.76. The normalized spacial score (nSPS) is 14.8. The van der Waals surface area contributed by atoms with Crippen molar-refractivity contribution in [2.75, 3.05) is 72.5 Å². The molecule has 1 aliphatic rings. The van der Waals surface area contributed by atoms with E-state index in [4.69, 9.17) is 19.2 Å². The zero-order valence-electron chi connectivity index (χ0n) is 24.9. The number of aromatic amines is 1. The number of benzene rings is 2. The van der Waals surface area contributed by atoms with Gasteiger partial charge in [-0.05, 0) is 62.3 Å². The summed E-state index contributed by atoms with van der Waals surface area (Å²) >= 11 is 0. The second-order valence-electron chi connectivity index (χ2n) is 10.6. The molecule has 0 saturated carbocycles. The number of hydrogen-bond donors (Lipinski definition) is 1. The number of fused-ring (bicyclic) bond motifs is 1. The molecule has 0 radical (unpaired) electrons. The first kappa shape index (κ1) is 29.2. The molecule has 1 unspecified atom stereocenters. The van der Waals surface area contributed by atoms with E-state index in [0.717, 1.165) is 68.2 Å². The number of hydrogen-bond acceptors (Lipinski definition) is 8. The monoisotopic (exact) mass is 572 g/mol. The highest BCUT2D eigenvalue weighted by Crippen LogP contribution is 2.38. The van der Waals surface area contributed by atoms with Crippen molar-refractivity contribution in [3.05, 3.63) is 72.1 Å². The highest BCUT2D eigenvalue weighted by Gasteiger charge is 2.24. The number of nitrogens with zero attached hydrogens (tertiary/aromatic N) is 5. The number of rotatable bonds is 11. The first-order chi connectivity index (χ1) is 20.5. The number of likely N-dealkylation sites (N-methyl/N-ethyl adjacent to an activating group) is 1. The number of ether oxygens (including phenoxy) is 3. The van der Waals surface area contributed by atoms with Crippen molar-refractivity contribution in [2.45, 2.75) is 18.8 Å². The van der Waals surface area contributed by atoms with Gasteiger partial charge < -0.3 is 33.9 Å². The predicted molar refractivity (Wildman–Crippen MR) is 164 cm³/mol. The van der Waals surface area contributed by atoms with E-state index in [2.05, 4.69) is 25.8 Å². The fraction of sp³-hybridized carbons (Fsp3) is 0.406. The average Bonchev–Trinajstić information content (AvgIpc) is 3.33. The maximum absolute atomic E-state index is 13.6. The van der Waals surface area contributed by atoms with E-state index >= 15 is 0 Å². The van der Waals surface area contributed by atoms with Crippen LogP contribution in [0.1, 0.15) is 34.8 Å². The van der Waals surface area contributed by atoms with Crippen molar-refractivity contribution in [1.82, 2.24) is 24.8 Å². The van der Waals surface area contributed by atoms with Crippen LogP contribution in [0.2, 0.25) is 0 Å². The second kappa shape index (κ2) is 13.6. The minimum atomic E-state index is -0.119. The molecule has 1 saturated heterocycles. The first-order valence-corrected chi connectivity index (χ1v) is 14.4. The highest BCUT2D eigenvalue weighted by molar-refractivity contribution is 5.95. The topological polar surface area (TPSA) is 96.1 Å². The maximum Gasteiger partial charge on any atom is 0.253 e. The van der Waals surface area contributed by atoms with Crippen LogP contribution < -0.4 is 19.1 Å². The van der Waals surface area contributed by atoms with Gasteiger partial charge in [0.25, 0.3) is 5.91 Å². The molecule has 1 aliphatic heterocycles. The molecule has 4 aromatic rings. The Kier molecular flexibility index (Phi) is 9.43. The molecule has 3 heterocycles. The number of carbonyl (C=O) groups is 1. The van der Waals surface area contributed by atoms with Crippen LogP contribution in [-0.4, -0.2) is 98.3 Å². The summed E-state index contributed by atoms with van der Waals surface area (Å²) in [6, 6.07) is 17.5. The molecule has 0 spiro atoms. The van der Waals surface area contributed by atoms with Gasteiger partial charge in [-0.25, -0.2) is 4.98 Å². The summed E-state index contributed by atoms with van der Waals surface area (Å²) in [4.78, 5) is 33.1. The van der Waals surface area contributed by atoms with Crippen LogP contribution in [-0.2, 0) is 0 Å². The lowest BCUT2D eigenvalue weighted by atomic mass is 9.99. The van der Waals surface area contributed by atoms with E-state index in [-0.39, 0.29) is 11.8 Å². The van der Waals surface area contributed by atoms with E-state index in [1.54, 1.807) is 38.4 Å². The number of pyridine rings is 1. The number of H-pyrrole nitrogens is 1. The van der Waals surface area contributed by atoms with Crippen LogP contribution in [0.5, 0.6) is 17.2 Å². The first-order valence-electron chi connectivity index (χ1n) is 14.4. The quantitative estimate of drug-likeness (QED) is 0.282. The van der Waals surface area contributed by atoms with Crippen LogP contribution in [0.15, 0.2) is 60.8 Å². The lowest BCUT2D eigenvalue weighted by Gasteiger charge is -2.27. The highest BCUT2D eigenvalue weighted by atomic mass is 16.5. The molecule has 42 heavy (non-hydrogen) atoms. The fourth-order valence-electron chi connectivity index (χ4n) is 5.62. The van der Waals surface area contributed by atoms with Gasteiger partial charge >= 0.3 is 0 Å². The molecular weight excluding hydrogens is 532 g/mol. The van der Waals surface area contributed by atoms with Crippen molar-refractivity contribution < 1.29 is 19.0 Å². The molecule has 0 bridgehead atoms. The van der Waals surface area contributed by atoms with Gasteiger partial charge in [-0.1, -0.05) is 18.2 Å². The second-order valence-corrected chi connectivity index (χ2v) is 10.6. The summed E-state index contributed by atoms with van der Waals surface area (Å²) in [5, 5.41) is 0. The van der Waals surface area contributed by atoms with Crippen molar-refractivity contribution >= 4 is 22.9 Å². The van der Waals surface area contributed by atoms with Crippen LogP contribution in [0.3, 0.4) is 0 Å². The Labute approximate surface area is 247 Å². The minimum Gasteiger partial charge on any atom is -0.493 e. The molecule has 222 valence electrons. The number of imidazole rings is 1. The molecule has 10 heteroatoms. The SMILES string of the molecule is COc1cc(C(=O)N(C)CC(CCN2CCCN(c3nc4ccccc4[nH]3)CC2)c2ccccn2)cc(OC)c1OC. The maximum atomic E-state index is 13.6. The van der Waals surface area contributed by atoms with Crippen LogP contribution in [0.25, 0.3) is 11.0 Å². The standard InChI is InChI=1S/C32H40N6O4/c1-36(31(39)24-20-28(40-2)30(42-4)29(21-24)41-3)22-23(25-10-7-8-14-33-25)13-17-37-15-9-16-38(19-18-37)32-34-26-11-5-6-12-27(26)35-32/h5-8,10-12,14,20-21,23H,9,13,15-19,22H2,1-4H3,(H,34,35). The Hall–Kier alpha value is -4.31. The average molecular weight is 573 g/mol. The zero-order valence-corrected chi connectivity index (χ0v) is 24.9. The van der Waals surface area contributed by atoms with Crippen LogP contribution >= 0.6 is 0 Å². The molecule has 10 nitrogen and oxygen atoms in total. The molecular formula is C32H40N6O4. The Morgan fingerprint density at radius 3 is 2.43 bits per heavy atom. The van der Waals surface area contributed by atoms with E-state index < -0.39 is 0 Å². The van der Waals surface area contributed by atoms with Gasteiger partial charge in [0.15, 0.2) is 11.5 Å².